The molecule has 4 rings (SSSR count). The molecule has 4 fully saturated rings. The molecule has 0 radical (unpaired) electrons. The lowest BCUT2D eigenvalue weighted by atomic mass is 9.39. The Morgan fingerprint density at radius 1 is 1.00 bits per heavy atom. The van der Waals surface area contributed by atoms with Crippen LogP contribution in [0.25, 0.3) is 0 Å². The monoisotopic (exact) mass is 208 g/mol. The highest BCUT2D eigenvalue weighted by Gasteiger charge is 2.61. The van der Waals surface area contributed by atoms with Crippen molar-refractivity contribution in [2.45, 2.75) is 65.4 Å². The first kappa shape index (κ1) is 10.1. The first-order valence-electron chi connectivity index (χ1n) is 6.53. The summed E-state index contributed by atoms with van der Waals surface area (Å²) in [5.74, 6) is 0.908. The second kappa shape index (κ2) is 2.61. The Hall–Kier alpha value is -0.0400. The molecule has 4 aliphatic rings. The fraction of sp³-hybridized carbons (Fsp3) is 1.00. The van der Waals surface area contributed by atoms with Crippen LogP contribution in [0.15, 0.2) is 0 Å². The second-order valence-electron chi connectivity index (χ2n) is 7.67. The maximum Gasteiger partial charge on any atom is 0.0568 e. The molecular formula is C14H24O. The lowest BCUT2D eigenvalue weighted by molar-refractivity contribution is -0.181. The van der Waals surface area contributed by atoms with Gasteiger partial charge in [0.05, 0.1) is 6.10 Å². The standard InChI is InChI=1S/C14H24O/c1-10(15)14-6-11-4-12(2,8-14)7-13(3,5-11)9-14/h10-11,15H,4-9H2,1-3H3/t10-,11?,12?,13?,14?/m0/s1. The Balaban J connectivity index is 2.02. The molecule has 0 aliphatic heterocycles. The summed E-state index contributed by atoms with van der Waals surface area (Å²) in [6.07, 6.45) is 8.03. The van der Waals surface area contributed by atoms with E-state index in [4.69, 9.17) is 0 Å². The highest BCUT2D eigenvalue weighted by molar-refractivity contribution is 5.11. The van der Waals surface area contributed by atoms with Gasteiger partial charge in [-0.05, 0) is 67.6 Å². The highest BCUT2D eigenvalue weighted by atomic mass is 16.3. The van der Waals surface area contributed by atoms with E-state index in [0.717, 1.165) is 5.92 Å². The summed E-state index contributed by atoms with van der Waals surface area (Å²) in [5, 5.41) is 10.1. The summed E-state index contributed by atoms with van der Waals surface area (Å²) in [5.41, 5.74) is 1.37. The van der Waals surface area contributed by atoms with Gasteiger partial charge >= 0.3 is 0 Å². The van der Waals surface area contributed by atoms with Crippen molar-refractivity contribution in [1.29, 1.82) is 0 Å². The van der Waals surface area contributed by atoms with Crippen LogP contribution in [0.3, 0.4) is 0 Å². The summed E-state index contributed by atoms with van der Waals surface area (Å²) < 4.78 is 0. The Morgan fingerprint density at radius 3 is 1.93 bits per heavy atom. The Bertz CT molecular complexity index is 276. The van der Waals surface area contributed by atoms with Gasteiger partial charge in [-0.3, -0.25) is 0 Å². The van der Waals surface area contributed by atoms with Gasteiger partial charge in [0, 0.05) is 0 Å². The van der Waals surface area contributed by atoms with Crippen LogP contribution in [0, 0.1) is 22.2 Å². The number of aliphatic hydroxyl groups excluding tert-OH is 1. The van der Waals surface area contributed by atoms with Crippen LogP contribution in [0.5, 0.6) is 0 Å². The summed E-state index contributed by atoms with van der Waals surface area (Å²) in [4.78, 5) is 0. The lowest BCUT2D eigenvalue weighted by Gasteiger charge is -2.66. The zero-order valence-corrected chi connectivity index (χ0v) is 10.3. The zero-order chi connectivity index (χ0) is 10.9. The van der Waals surface area contributed by atoms with Gasteiger partial charge in [-0.2, -0.15) is 0 Å². The van der Waals surface area contributed by atoms with Crippen LogP contribution < -0.4 is 0 Å². The topological polar surface area (TPSA) is 20.2 Å². The van der Waals surface area contributed by atoms with Crippen LogP contribution in [0.2, 0.25) is 0 Å². The molecule has 86 valence electrons. The largest absolute Gasteiger partial charge is 0.393 e. The lowest BCUT2D eigenvalue weighted by Crippen LogP contribution is -2.58. The van der Waals surface area contributed by atoms with Gasteiger partial charge in [-0.1, -0.05) is 13.8 Å². The minimum atomic E-state index is -0.0976. The van der Waals surface area contributed by atoms with E-state index in [1.54, 1.807) is 0 Å². The minimum absolute atomic E-state index is 0.0976. The minimum Gasteiger partial charge on any atom is -0.393 e. The van der Waals surface area contributed by atoms with E-state index in [-0.39, 0.29) is 11.5 Å². The van der Waals surface area contributed by atoms with E-state index in [9.17, 15) is 5.11 Å². The molecule has 4 saturated carbocycles. The Morgan fingerprint density at radius 2 is 1.53 bits per heavy atom. The van der Waals surface area contributed by atoms with Gasteiger partial charge in [-0.25, -0.2) is 0 Å². The van der Waals surface area contributed by atoms with Crippen LogP contribution in [0.1, 0.15) is 59.3 Å². The van der Waals surface area contributed by atoms with Crippen molar-refractivity contribution in [2.75, 3.05) is 0 Å². The third-order valence-corrected chi connectivity index (χ3v) is 5.56. The molecule has 1 heteroatoms. The molecule has 2 unspecified atom stereocenters. The van der Waals surface area contributed by atoms with Crippen molar-refractivity contribution in [1.82, 2.24) is 0 Å². The van der Waals surface area contributed by atoms with Crippen LogP contribution in [-0.4, -0.2) is 11.2 Å². The Labute approximate surface area is 93.3 Å². The van der Waals surface area contributed by atoms with Crippen molar-refractivity contribution >= 4 is 0 Å². The van der Waals surface area contributed by atoms with Crippen LogP contribution in [-0.2, 0) is 0 Å². The number of rotatable bonds is 1. The molecule has 1 nitrogen and oxygen atoms in total. The summed E-state index contributed by atoms with van der Waals surface area (Å²) >= 11 is 0. The molecule has 4 aliphatic carbocycles. The van der Waals surface area contributed by atoms with E-state index in [0.29, 0.717) is 10.8 Å². The fourth-order valence-corrected chi connectivity index (χ4v) is 6.00. The van der Waals surface area contributed by atoms with Gasteiger partial charge < -0.3 is 5.11 Å². The van der Waals surface area contributed by atoms with Crippen LogP contribution in [0.4, 0.5) is 0 Å². The molecule has 1 N–H and O–H groups in total. The molecule has 0 amide bonds. The Kier molecular flexibility index (Phi) is 1.77. The van der Waals surface area contributed by atoms with E-state index in [1.807, 2.05) is 6.92 Å². The number of hydrogen-bond acceptors (Lipinski definition) is 1. The van der Waals surface area contributed by atoms with Crippen molar-refractivity contribution < 1.29 is 5.11 Å². The molecule has 0 saturated heterocycles. The third-order valence-electron chi connectivity index (χ3n) is 5.56. The van der Waals surface area contributed by atoms with Gasteiger partial charge in [0.25, 0.3) is 0 Å². The molecule has 0 aromatic heterocycles. The summed E-state index contributed by atoms with van der Waals surface area (Å²) in [7, 11) is 0. The van der Waals surface area contributed by atoms with Crippen molar-refractivity contribution in [3.63, 3.8) is 0 Å². The average molecular weight is 208 g/mol. The molecule has 0 aromatic rings. The van der Waals surface area contributed by atoms with Crippen LogP contribution >= 0.6 is 0 Å². The van der Waals surface area contributed by atoms with Gasteiger partial charge in [-0.15, -0.1) is 0 Å². The predicted molar refractivity (Wildman–Crippen MR) is 61.5 cm³/mol. The van der Waals surface area contributed by atoms with Gasteiger partial charge in [0.1, 0.15) is 0 Å². The zero-order valence-electron chi connectivity index (χ0n) is 10.3. The number of aliphatic hydroxyl groups is 1. The molecule has 0 aromatic carbocycles. The molecule has 15 heavy (non-hydrogen) atoms. The van der Waals surface area contributed by atoms with E-state index in [2.05, 4.69) is 13.8 Å². The SMILES string of the molecule is C[C@H](O)C12CC3CC(C)(CC(C)(C3)C1)C2. The predicted octanol–water partition coefficient (Wildman–Crippen LogP) is 3.36. The summed E-state index contributed by atoms with van der Waals surface area (Å²) in [6.45, 7) is 6.96. The van der Waals surface area contributed by atoms with E-state index in [1.165, 1.54) is 38.5 Å². The van der Waals surface area contributed by atoms with Crippen molar-refractivity contribution in [3.8, 4) is 0 Å². The maximum absolute atomic E-state index is 10.1. The molecule has 0 heterocycles. The van der Waals surface area contributed by atoms with Gasteiger partial charge in [0.15, 0.2) is 0 Å². The number of hydrogen-bond donors (Lipinski definition) is 1. The second-order valence-corrected chi connectivity index (χ2v) is 7.67. The van der Waals surface area contributed by atoms with E-state index >= 15 is 0 Å². The first-order valence-corrected chi connectivity index (χ1v) is 6.53. The molecule has 3 atom stereocenters. The molecule has 4 bridgehead atoms. The fourth-order valence-electron chi connectivity index (χ4n) is 6.00. The van der Waals surface area contributed by atoms with E-state index < -0.39 is 0 Å². The highest BCUT2D eigenvalue weighted by Crippen LogP contribution is 2.70. The van der Waals surface area contributed by atoms with Gasteiger partial charge in [0.2, 0.25) is 0 Å². The molecular weight excluding hydrogens is 184 g/mol. The molecule has 0 spiro atoms. The quantitative estimate of drug-likeness (QED) is 0.700. The maximum atomic E-state index is 10.1. The van der Waals surface area contributed by atoms with Crippen molar-refractivity contribution in [3.05, 3.63) is 0 Å². The first-order chi connectivity index (χ1) is 6.85. The van der Waals surface area contributed by atoms with Crippen molar-refractivity contribution in [2.24, 2.45) is 22.2 Å². The smallest absolute Gasteiger partial charge is 0.0568 e. The average Bonchev–Trinajstić information content (AvgIpc) is 1.95. The third kappa shape index (κ3) is 1.32. The summed E-state index contributed by atoms with van der Waals surface area (Å²) in [6, 6.07) is 0. The normalized spacial score (nSPS) is 59.6.